The minimum Gasteiger partial charge on any atom is -0.453 e. The number of para-hydroxylation sites is 1. The number of carbonyl (C=O) groups excluding carboxylic acids is 1. The molecule has 1 heterocycles. The Kier molecular flexibility index (Phi) is 6.30. The Hall–Kier alpha value is -4.39. The zero-order valence-corrected chi connectivity index (χ0v) is 19.4. The number of amides is 1. The standard InChI is InChI=1S/C28H26N4O3/c1-19-7-5-12-24(15-19)35-25-18-30-32(23-10-3-2-4-11-23)28(34)26(25)31-22-9-6-8-21(16-22)27(33)29-17-20-13-14-20/h2-12,15-16,18,20,31H,13-14,17H2,1H3,(H,29,33). The van der Waals surface area contributed by atoms with Crippen LogP contribution in [0.5, 0.6) is 11.5 Å². The predicted octanol–water partition coefficient (Wildman–Crippen LogP) is 5.22. The van der Waals surface area contributed by atoms with Gasteiger partial charge in [0.2, 0.25) is 0 Å². The Morgan fingerprint density at radius 2 is 1.83 bits per heavy atom. The number of carbonyl (C=O) groups is 1. The van der Waals surface area contributed by atoms with Crippen molar-refractivity contribution < 1.29 is 9.53 Å². The van der Waals surface area contributed by atoms with Gasteiger partial charge in [-0.3, -0.25) is 9.59 Å². The van der Waals surface area contributed by atoms with Gasteiger partial charge in [-0.05, 0) is 73.7 Å². The number of rotatable bonds is 8. The number of ether oxygens (including phenoxy) is 1. The Morgan fingerprint density at radius 3 is 2.60 bits per heavy atom. The summed E-state index contributed by atoms with van der Waals surface area (Å²) in [6.07, 6.45) is 3.86. The lowest BCUT2D eigenvalue weighted by atomic mass is 10.2. The molecule has 176 valence electrons. The molecule has 1 aliphatic rings. The van der Waals surface area contributed by atoms with Crippen LogP contribution >= 0.6 is 0 Å². The van der Waals surface area contributed by atoms with Gasteiger partial charge in [-0.2, -0.15) is 9.78 Å². The van der Waals surface area contributed by atoms with Gasteiger partial charge < -0.3 is 15.4 Å². The van der Waals surface area contributed by atoms with E-state index in [4.69, 9.17) is 4.74 Å². The molecule has 3 aromatic carbocycles. The molecule has 2 N–H and O–H groups in total. The second kappa shape index (κ2) is 9.85. The van der Waals surface area contributed by atoms with Crippen molar-refractivity contribution in [3.05, 3.63) is 107 Å². The summed E-state index contributed by atoms with van der Waals surface area (Å²) in [4.78, 5) is 26.1. The molecule has 1 fully saturated rings. The van der Waals surface area contributed by atoms with Crippen molar-refractivity contribution in [3.8, 4) is 17.2 Å². The van der Waals surface area contributed by atoms with Crippen LogP contribution in [0.2, 0.25) is 0 Å². The van der Waals surface area contributed by atoms with Crippen molar-refractivity contribution in [1.82, 2.24) is 15.1 Å². The first-order valence-corrected chi connectivity index (χ1v) is 11.6. The second-order valence-corrected chi connectivity index (χ2v) is 8.71. The third-order valence-electron chi connectivity index (χ3n) is 5.80. The number of nitrogens with zero attached hydrogens (tertiary/aromatic N) is 2. The predicted molar refractivity (Wildman–Crippen MR) is 136 cm³/mol. The van der Waals surface area contributed by atoms with Crippen LogP contribution < -0.4 is 20.9 Å². The maximum atomic E-state index is 13.5. The minimum atomic E-state index is -0.370. The van der Waals surface area contributed by atoms with Crippen LogP contribution in [-0.2, 0) is 0 Å². The van der Waals surface area contributed by atoms with E-state index in [0.29, 0.717) is 35.2 Å². The van der Waals surface area contributed by atoms with E-state index in [1.54, 1.807) is 24.3 Å². The number of anilines is 2. The molecule has 0 radical (unpaired) electrons. The lowest BCUT2D eigenvalue weighted by molar-refractivity contribution is 0.0952. The third-order valence-corrected chi connectivity index (χ3v) is 5.80. The lowest BCUT2D eigenvalue weighted by Crippen LogP contribution is -2.26. The largest absolute Gasteiger partial charge is 0.453 e. The maximum absolute atomic E-state index is 13.5. The third kappa shape index (κ3) is 5.41. The highest BCUT2D eigenvalue weighted by Crippen LogP contribution is 2.30. The molecule has 0 aliphatic heterocycles. The van der Waals surface area contributed by atoms with Gasteiger partial charge in [-0.1, -0.05) is 36.4 Å². The van der Waals surface area contributed by atoms with E-state index in [1.165, 1.54) is 23.7 Å². The van der Waals surface area contributed by atoms with Crippen molar-refractivity contribution in [2.75, 3.05) is 11.9 Å². The molecule has 1 saturated carbocycles. The van der Waals surface area contributed by atoms with Gasteiger partial charge in [0.1, 0.15) is 5.75 Å². The molecule has 0 atom stereocenters. The summed E-state index contributed by atoms with van der Waals surface area (Å²) in [7, 11) is 0. The van der Waals surface area contributed by atoms with Gasteiger partial charge in [0.05, 0.1) is 11.9 Å². The van der Waals surface area contributed by atoms with Gasteiger partial charge >= 0.3 is 0 Å². The van der Waals surface area contributed by atoms with E-state index in [1.807, 2.05) is 61.5 Å². The molecule has 7 heteroatoms. The molecule has 35 heavy (non-hydrogen) atoms. The normalized spacial score (nSPS) is 12.7. The Morgan fingerprint density at radius 1 is 1.03 bits per heavy atom. The summed E-state index contributed by atoms with van der Waals surface area (Å²) in [6, 6.07) is 23.8. The smallest absolute Gasteiger partial charge is 0.299 e. The molecule has 1 amide bonds. The van der Waals surface area contributed by atoms with E-state index in [0.717, 1.165) is 5.56 Å². The van der Waals surface area contributed by atoms with Crippen LogP contribution in [0.15, 0.2) is 89.9 Å². The Bertz CT molecular complexity index is 1410. The van der Waals surface area contributed by atoms with E-state index in [9.17, 15) is 9.59 Å². The summed E-state index contributed by atoms with van der Waals surface area (Å²) in [5, 5.41) is 10.5. The fourth-order valence-corrected chi connectivity index (χ4v) is 3.73. The summed E-state index contributed by atoms with van der Waals surface area (Å²) in [5.74, 6) is 1.35. The highest BCUT2D eigenvalue weighted by atomic mass is 16.5. The molecule has 4 aromatic rings. The molecule has 0 bridgehead atoms. The molecule has 0 spiro atoms. The highest BCUT2D eigenvalue weighted by molar-refractivity contribution is 5.95. The van der Waals surface area contributed by atoms with Crippen LogP contribution in [0.4, 0.5) is 11.4 Å². The zero-order valence-electron chi connectivity index (χ0n) is 19.4. The van der Waals surface area contributed by atoms with E-state index >= 15 is 0 Å². The SMILES string of the molecule is Cc1cccc(Oc2cnn(-c3ccccc3)c(=O)c2Nc2cccc(C(=O)NCC3CC3)c2)c1. The molecular weight excluding hydrogens is 440 g/mol. The number of aryl methyl sites for hydroxylation is 1. The van der Waals surface area contributed by atoms with Crippen LogP contribution in [-0.4, -0.2) is 22.2 Å². The van der Waals surface area contributed by atoms with Crippen molar-refractivity contribution >= 4 is 17.3 Å². The molecule has 1 aliphatic carbocycles. The Balaban J connectivity index is 1.49. The van der Waals surface area contributed by atoms with Gasteiger partial charge in [0.15, 0.2) is 11.4 Å². The molecule has 1 aromatic heterocycles. The van der Waals surface area contributed by atoms with Crippen molar-refractivity contribution in [2.45, 2.75) is 19.8 Å². The summed E-state index contributed by atoms with van der Waals surface area (Å²) >= 11 is 0. The number of hydrogen-bond acceptors (Lipinski definition) is 5. The summed E-state index contributed by atoms with van der Waals surface area (Å²) < 4.78 is 7.38. The Labute approximate surface area is 203 Å². The average Bonchev–Trinajstić information content (AvgIpc) is 3.70. The van der Waals surface area contributed by atoms with Crippen LogP contribution in [0.1, 0.15) is 28.8 Å². The van der Waals surface area contributed by atoms with Gasteiger partial charge in [0.25, 0.3) is 11.5 Å². The van der Waals surface area contributed by atoms with Crippen LogP contribution in [0.3, 0.4) is 0 Å². The fraction of sp³-hybridized carbons (Fsp3) is 0.179. The topological polar surface area (TPSA) is 85.2 Å². The van der Waals surface area contributed by atoms with Crippen molar-refractivity contribution in [1.29, 1.82) is 0 Å². The van der Waals surface area contributed by atoms with E-state index in [2.05, 4.69) is 15.7 Å². The summed E-state index contributed by atoms with van der Waals surface area (Å²) in [5.41, 5.74) is 2.64. The molecule has 7 nitrogen and oxygen atoms in total. The first-order chi connectivity index (χ1) is 17.1. The minimum absolute atomic E-state index is 0.131. The molecule has 0 unspecified atom stereocenters. The lowest BCUT2D eigenvalue weighted by Gasteiger charge is -2.15. The summed E-state index contributed by atoms with van der Waals surface area (Å²) in [6.45, 7) is 2.66. The zero-order chi connectivity index (χ0) is 24.2. The number of nitrogens with one attached hydrogen (secondary N) is 2. The maximum Gasteiger partial charge on any atom is 0.299 e. The van der Waals surface area contributed by atoms with E-state index < -0.39 is 0 Å². The van der Waals surface area contributed by atoms with Gasteiger partial charge in [-0.25, -0.2) is 0 Å². The number of hydrogen-bond donors (Lipinski definition) is 2. The number of benzene rings is 3. The monoisotopic (exact) mass is 466 g/mol. The van der Waals surface area contributed by atoms with Crippen molar-refractivity contribution in [3.63, 3.8) is 0 Å². The molecule has 0 saturated heterocycles. The van der Waals surface area contributed by atoms with Gasteiger partial charge in [-0.15, -0.1) is 0 Å². The second-order valence-electron chi connectivity index (χ2n) is 8.71. The quantitative estimate of drug-likeness (QED) is 0.372. The van der Waals surface area contributed by atoms with Crippen molar-refractivity contribution in [2.24, 2.45) is 5.92 Å². The van der Waals surface area contributed by atoms with Crippen LogP contribution in [0.25, 0.3) is 5.69 Å². The fourth-order valence-electron chi connectivity index (χ4n) is 3.73. The average molecular weight is 467 g/mol. The van der Waals surface area contributed by atoms with Crippen LogP contribution in [0, 0.1) is 12.8 Å². The van der Waals surface area contributed by atoms with E-state index in [-0.39, 0.29) is 22.9 Å². The highest BCUT2D eigenvalue weighted by Gasteiger charge is 2.22. The van der Waals surface area contributed by atoms with Gasteiger partial charge in [0, 0.05) is 17.8 Å². The number of aromatic nitrogens is 2. The molecule has 5 rings (SSSR count). The molecular formula is C28H26N4O3. The first-order valence-electron chi connectivity index (χ1n) is 11.6. The first kappa shape index (κ1) is 22.4.